The molecule has 1 amide bonds. The van der Waals surface area contributed by atoms with E-state index in [2.05, 4.69) is 17.4 Å². The second kappa shape index (κ2) is 10.7. The molecular weight excluding hydrogens is 378 g/mol. The Bertz CT molecular complexity index is 891. The summed E-state index contributed by atoms with van der Waals surface area (Å²) >= 11 is 0. The van der Waals surface area contributed by atoms with E-state index in [1.807, 2.05) is 43.3 Å². The van der Waals surface area contributed by atoms with Crippen LogP contribution in [0.5, 0.6) is 0 Å². The molecule has 0 unspecified atom stereocenters. The van der Waals surface area contributed by atoms with Gasteiger partial charge >= 0.3 is 5.97 Å². The summed E-state index contributed by atoms with van der Waals surface area (Å²) in [5, 5.41) is 2.84. The molecule has 5 heteroatoms. The van der Waals surface area contributed by atoms with Crippen LogP contribution in [0.25, 0.3) is 0 Å². The van der Waals surface area contributed by atoms with E-state index in [0.29, 0.717) is 5.56 Å². The number of rotatable bonds is 10. The number of hydrogen-bond donors (Lipinski definition) is 1. The Hall–Kier alpha value is -2.95. The van der Waals surface area contributed by atoms with Crippen LogP contribution in [0.2, 0.25) is 0 Å². The van der Waals surface area contributed by atoms with Gasteiger partial charge in [-0.3, -0.25) is 14.4 Å². The first-order valence-corrected chi connectivity index (χ1v) is 10.6. The average molecular weight is 408 g/mol. The highest BCUT2D eigenvalue weighted by atomic mass is 16.5. The average Bonchev–Trinajstić information content (AvgIpc) is 3.23. The standard InChI is InChI=1S/C25H29NO4/c1-18(10-11-19-6-3-2-4-7-19)26-24(28)17-30-25(29)15-14-23(27)22-13-12-20-8-5-9-21(20)16-22/h2-4,6-7,12-13,16,18H,5,8-11,14-15,17H2,1H3,(H,26,28)/t18-/m0/s1. The first-order chi connectivity index (χ1) is 14.5. The topological polar surface area (TPSA) is 72.5 Å². The van der Waals surface area contributed by atoms with Gasteiger partial charge in [-0.25, -0.2) is 0 Å². The third kappa shape index (κ3) is 6.55. The van der Waals surface area contributed by atoms with Crippen molar-refractivity contribution < 1.29 is 19.1 Å². The number of amides is 1. The van der Waals surface area contributed by atoms with Crippen LogP contribution < -0.4 is 5.32 Å². The van der Waals surface area contributed by atoms with E-state index in [-0.39, 0.29) is 37.2 Å². The zero-order valence-electron chi connectivity index (χ0n) is 17.5. The number of ether oxygens (including phenoxy) is 1. The first-order valence-electron chi connectivity index (χ1n) is 10.6. The van der Waals surface area contributed by atoms with Crippen LogP contribution in [-0.4, -0.2) is 30.3 Å². The number of Topliss-reactive ketones (excluding diaryl/α,β-unsaturated/α-hetero) is 1. The highest BCUT2D eigenvalue weighted by molar-refractivity contribution is 5.98. The monoisotopic (exact) mass is 407 g/mol. The molecule has 30 heavy (non-hydrogen) atoms. The predicted octanol–water partition coefficient (Wildman–Crippen LogP) is 3.82. The molecule has 0 fully saturated rings. The number of benzene rings is 2. The van der Waals surface area contributed by atoms with Crippen LogP contribution in [0.1, 0.15) is 59.7 Å². The number of esters is 1. The maximum absolute atomic E-state index is 12.3. The molecule has 0 bridgehead atoms. The van der Waals surface area contributed by atoms with E-state index in [1.54, 1.807) is 0 Å². The van der Waals surface area contributed by atoms with Crippen molar-refractivity contribution in [3.8, 4) is 0 Å². The van der Waals surface area contributed by atoms with E-state index >= 15 is 0 Å². The number of hydrogen-bond acceptors (Lipinski definition) is 4. The molecule has 158 valence electrons. The van der Waals surface area contributed by atoms with E-state index in [0.717, 1.165) is 32.1 Å². The maximum Gasteiger partial charge on any atom is 0.306 e. The van der Waals surface area contributed by atoms with Crippen molar-refractivity contribution >= 4 is 17.7 Å². The second-order valence-electron chi connectivity index (χ2n) is 7.91. The number of nitrogens with one attached hydrogen (secondary N) is 1. The summed E-state index contributed by atoms with van der Waals surface area (Å²) in [6.07, 6.45) is 4.96. The summed E-state index contributed by atoms with van der Waals surface area (Å²) in [7, 11) is 0. The Labute approximate surface area is 177 Å². The smallest absolute Gasteiger partial charge is 0.306 e. The Morgan fingerprint density at radius 2 is 1.77 bits per heavy atom. The van der Waals surface area contributed by atoms with Crippen molar-refractivity contribution in [2.75, 3.05) is 6.61 Å². The molecule has 0 aromatic heterocycles. The van der Waals surface area contributed by atoms with Crippen molar-refractivity contribution in [1.82, 2.24) is 5.32 Å². The molecule has 1 aliphatic carbocycles. The number of aryl methyl sites for hydroxylation is 3. The molecule has 0 heterocycles. The third-order valence-electron chi connectivity index (χ3n) is 5.46. The fraction of sp³-hybridized carbons (Fsp3) is 0.400. The van der Waals surface area contributed by atoms with E-state index in [1.165, 1.54) is 16.7 Å². The molecule has 1 N–H and O–H groups in total. The van der Waals surface area contributed by atoms with Gasteiger partial charge in [0.25, 0.3) is 5.91 Å². The summed E-state index contributed by atoms with van der Waals surface area (Å²) in [6.45, 7) is 1.61. The largest absolute Gasteiger partial charge is 0.456 e. The molecule has 2 aromatic carbocycles. The van der Waals surface area contributed by atoms with Crippen LogP contribution in [0.3, 0.4) is 0 Å². The molecule has 0 spiro atoms. The van der Waals surface area contributed by atoms with Gasteiger partial charge in [0.15, 0.2) is 12.4 Å². The molecule has 3 rings (SSSR count). The molecule has 5 nitrogen and oxygen atoms in total. The summed E-state index contributed by atoms with van der Waals surface area (Å²) in [5.74, 6) is -0.925. The van der Waals surface area contributed by atoms with Crippen molar-refractivity contribution in [1.29, 1.82) is 0 Å². The van der Waals surface area contributed by atoms with Gasteiger partial charge in [0, 0.05) is 18.0 Å². The second-order valence-corrected chi connectivity index (χ2v) is 7.91. The number of fused-ring (bicyclic) bond motifs is 1. The van der Waals surface area contributed by atoms with E-state index < -0.39 is 5.97 Å². The Morgan fingerprint density at radius 1 is 1.00 bits per heavy atom. The van der Waals surface area contributed by atoms with Gasteiger partial charge in [0.1, 0.15) is 0 Å². The lowest BCUT2D eigenvalue weighted by Gasteiger charge is -2.14. The fourth-order valence-electron chi connectivity index (χ4n) is 3.74. The number of ketones is 1. The highest BCUT2D eigenvalue weighted by Gasteiger charge is 2.16. The fourth-order valence-corrected chi connectivity index (χ4v) is 3.74. The molecule has 1 aliphatic rings. The van der Waals surface area contributed by atoms with E-state index in [4.69, 9.17) is 4.74 Å². The summed E-state index contributed by atoms with van der Waals surface area (Å²) in [5.41, 5.74) is 4.42. The predicted molar refractivity (Wildman–Crippen MR) is 115 cm³/mol. The SMILES string of the molecule is C[C@@H](CCc1ccccc1)NC(=O)COC(=O)CCC(=O)c1ccc2c(c1)CCC2. The van der Waals surface area contributed by atoms with Crippen LogP contribution in [0.4, 0.5) is 0 Å². The summed E-state index contributed by atoms with van der Waals surface area (Å²) in [4.78, 5) is 36.2. The van der Waals surface area contributed by atoms with Gasteiger partial charge in [-0.1, -0.05) is 42.5 Å². The Balaban J connectivity index is 1.32. The lowest BCUT2D eigenvalue weighted by atomic mass is 10.0. The van der Waals surface area contributed by atoms with Crippen molar-refractivity contribution in [3.63, 3.8) is 0 Å². The zero-order chi connectivity index (χ0) is 21.3. The normalized spacial score (nSPS) is 13.4. The van der Waals surface area contributed by atoms with Crippen LogP contribution in [0, 0.1) is 0 Å². The minimum Gasteiger partial charge on any atom is -0.456 e. The van der Waals surface area contributed by atoms with Gasteiger partial charge in [-0.2, -0.15) is 0 Å². The quantitative estimate of drug-likeness (QED) is 0.480. The minimum atomic E-state index is -0.531. The third-order valence-corrected chi connectivity index (χ3v) is 5.46. The van der Waals surface area contributed by atoms with Crippen molar-refractivity contribution in [3.05, 3.63) is 70.8 Å². The van der Waals surface area contributed by atoms with Gasteiger partial charge in [0.05, 0.1) is 6.42 Å². The van der Waals surface area contributed by atoms with Gasteiger partial charge in [-0.05, 0) is 61.8 Å². The van der Waals surface area contributed by atoms with Crippen molar-refractivity contribution in [2.24, 2.45) is 0 Å². The highest BCUT2D eigenvalue weighted by Crippen LogP contribution is 2.23. The molecule has 0 saturated carbocycles. The molecule has 0 aliphatic heterocycles. The van der Waals surface area contributed by atoms with Gasteiger partial charge < -0.3 is 10.1 Å². The first kappa shape index (κ1) is 21.8. The molecule has 0 radical (unpaired) electrons. The summed E-state index contributed by atoms with van der Waals surface area (Å²) in [6, 6.07) is 15.8. The van der Waals surface area contributed by atoms with Crippen LogP contribution in [0.15, 0.2) is 48.5 Å². The Kier molecular flexibility index (Phi) is 7.77. The minimum absolute atomic E-state index is 0.0159. The zero-order valence-corrected chi connectivity index (χ0v) is 17.5. The van der Waals surface area contributed by atoms with E-state index in [9.17, 15) is 14.4 Å². The lowest BCUT2D eigenvalue weighted by Crippen LogP contribution is -2.36. The molecule has 0 saturated heterocycles. The van der Waals surface area contributed by atoms with Gasteiger partial charge in [0.2, 0.25) is 0 Å². The Morgan fingerprint density at radius 3 is 2.57 bits per heavy atom. The maximum atomic E-state index is 12.3. The molecule has 2 aromatic rings. The summed E-state index contributed by atoms with van der Waals surface area (Å²) < 4.78 is 5.02. The number of carbonyl (C=O) groups excluding carboxylic acids is 3. The van der Waals surface area contributed by atoms with Crippen LogP contribution >= 0.6 is 0 Å². The molecule has 1 atom stereocenters. The number of carbonyl (C=O) groups is 3. The van der Waals surface area contributed by atoms with Crippen LogP contribution in [-0.2, 0) is 33.6 Å². The molecular formula is C25H29NO4. The van der Waals surface area contributed by atoms with Gasteiger partial charge in [-0.15, -0.1) is 0 Å². The van der Waals surface area contributed by atoms with Crippen molar-refractivity contribution in [2.45, 2.75) is 57.9 Å². The lowest BCUT2D eigenvalue weighted by molar-refractivity contribution is -0.148.